The first-order valence-electron chi connectivity index (χ1n) is 5.64. The normalized spacial score (nSPS) is 13.1. The standard InChI is InChI=1S/C12H16Cl2N2O3/c1-12(2,3)9(19-16-11(17)18)5-7-4-8(13)10(14)15-6-7/h4,6,9,16H,5H2,1-3H3,(H,17,18). The van der Waals surface area contributed by atoms with Crippen LogP contribution >= 0.6 is 23.2 Å². The number of hydrogen-bond acceptors (Lipinski definition) is 3. The monoisotopic (exact) mass is 306 g/mol. The van der Waals surface area contributed by atoms with Crippen molar-refractivity contribution in [3.63, 3.8) is 0 Å². The number of rotatable bonds is 4. The van der Waals surface area contributed by atoms with Gasteiger partial charge in [0.15, 0.2) is 0 Å². The molecule has 7 heteroatoms. The molecule has 5 nitrogen and oxygen atoms in total. The maximum absolute atomic E-state index is 10.5. The van der Waals surface area contributed by atoms with Crippen LogP contribution in [0.15, 0.2) is 12.3 Å². The lowest BCUT2D eigenvalue weighted by molar-refractivity contribution is -0.0669. The molecule has 0 fully saturated rings. The maximum Gasteiger partial charge on any atom is 0.428 e. The zero-order chi connectivity index (χ0) is 14.6. The zero-order valence-corrected chi connectivity index (χ0v) is 12.4. The van der Waals surface area contributed by atoms with Crippen LogP contribution < -0.4 is 5.48 Å². The van der Waals surface area contributed by atoms with Gasteiger partial charge >= 0.3 is 6.09 Å². The Labute approximate surface area is 121 Å². The van der Waals surface area contributed by atoms with Crippen LogP contribution in [-0.4, -0.2) is 22.3 Å². The molecule has 1 atom stereocenters. The molecule has 1 aromatic rings. The van der Waals surface area contributed by atoms with Crippen molar-refractivity contribution in [3.05, 3.63) is 28.0 Å². The molecule has 0 bridgehead atoms. The second kappa shape index (κ2) is 6.41. The van der Waals surface area contributed by atoms with Crippen LogP contribution in [0.2, 0.25) is 10.2 Å². The molecular weight excluding hydrogens is 291 g/mol. The number of hydrogen-bond donors (Lipinski definition) is 2. The third kappa shape index (κ3) is 5.22. The summed E-state index contributed by atoms with van der Waals surface area (Å²) in [5.74, 6) is 0. The van der Waals surface area contributed by atoms with Crippen molar-refractivity contribution in [2.24, 2.45) is 5.41 Å². The predicted molar refractivity (Wildman–Crippen MR) is 73.4 cm³/mol. The Balaban J connectivity index is 2.81. The Kier molecular flexibility index (Phi) is 5.40. The molecule has 0 aliphatic carbocycles. The largest absolute Gasteiger partial charge is 0.464 e. The number of hydroxylamine groups is 1. The highest BCUT2D eigenvalue weighted by atomic mass is 35.5. The highest BCUT2D eigenvalue weighted by molar-refractivity contribution is 6.41. The van der Waals surface area contributed by atoms with E-state index in [1.807, 2.05) is 26.3 Å². The maximum atomic E-state index is 10.5. The number of aromatic nitrogens is 1. The minimum Gasteiger partial charge on any atom is -0.464 e. The average molecular weight is 307 g/mol. The average Bonchev–Trinajstić information content (AvgIpc) is 2.27. The van der Waals surface area contributed by atoms with Gasteiger partial charge < -0.3 is 5.11 Å². The number of nitrogens with one attached hydrogen (secondary N) is 1. The number of amides is 1. The lowest BCUT2D eigenvalue weighted by atomic mass is 9.85. The SMILES string of the molecule is CC(C)(C)C(Cc1cnc(Cl)c(Cl)c1)ONC(=O)O. The number of pyridine rings is 1. The van der Waals surface area contributed by atoms with Gasteiger partial charge in [-0.1, -0.05) is 44.0 Å². The third-order valence-corrected chi connectivity index (χ3v) is 3.21. The van der Waals surface area contributed by atoms with Gasteiger partial charge in [0.2, 0.25) is 0 Å². The lowest BCUT2D eigenvalue weighted by Crippen LogP contribution is -2.38. The number of carbonyl (C=O) groups is 1. The molecule has 0 spiro atoms. The highest BCUT2D eigenvalue weighted by Crippen LogP contribution is 2.27. The molecule has 0 saturated heterocycles. The number of halogens is 2. The summed E-state index contributed by atoms with van der Waals surface area (Å²) in [5, 5.41) is 9.19. The smallest absolute Gasteiger partial charge is 0.428 e. The quantitative estimate of drug-likeness (QED) is 0.659. The fourth-order valence-corrected chi connectivity index (χ4v) is 1.73. The minimum absolute atomic E-state index is 0.238. The Hall–Kier alpha value is -1.04. The van der Waals surface area contributed by atoms with Crippen molar-refractivity contribution < 1.29 is 14.7 Å². The van der Waals surface area contributed by atoms with E-state index in [4.69, 9.17) is 33.1 Å². The first kappa shape index (κ1) is 16.0. The molecule has 1 heterocycles. The Morgan fingerprint density at radius 3 is 2.63 bits per heavy atom. The fourth-order valence-electron chi connectivity index (χ4n) is 1.43. The van der Waals surface area contributed by atoms with Gasteiger partial charge in [0, 0.05) is 12.6 Å². The summed E-state index contributed by atoms with van der Waals surface area (Å²) in [7, 11) is 0. The van der Waals surface area contributed by atoms with Gasteiger partial charge in [0.05, 0.1) is 11.1 Å². The molecular formula is C12H16Cl2N2O3. The van der Waals surface area contributed by atoms with Crippen LogP contribution in [0.3, 0.4) is 0 Å². The molecule has 0 saturated carbocycles. The molecule has 0 aliphatic rings. The van der Waals surface area contributed by atoms with Gasteiger partial charge in [-0.15, -0.1) is 0 Å². The topological polar surface area (TPSA) is 71.5 Å². The third-order valence-electron chi connectivity index (χ3n) is 2.53. The van der Waals surface area contributed by atoms with Crippen LogP contribution in [0.1, 0.15) is 26.3 Å². The second-order valence-corrected chi connectivity index (χ2v) is 5.97. The first-order valence-corrected chi connectivity index (χ1v) is 6.40. The summed E-state index contributed by atoms with van der Waals surface area (Å²) in [5.41, 5.74) is 2.50. The van der Waals surface area contributed by atoms with Crippen LogP contribution in [0, 0.1) is 5.41 Å². The summed E-state index contributed by atoms with van der Waals surface area (Å²) < 4.78 is 0. The second-order valence-electron chi connectivity index (χ2n) is 5.20. The van der Waals surface area contributed by atoms with E-state index in [9.17, 15) is 4.79 Å². The summed E-state index contributed by atoms with van der Waals surface area (Å²) in [6, 6.07) is 1.69. The van der Waals surface area contributed by atoms with Gasteiger partial charge in [0.1, 0.15) is 5.15 Å². The summed E-state index contributed by atoms with van der Waals surface area (Å²) in [4.78, 5) is 19.6. The molecule has 1 rings (SSSR count). The van der Waals surface area contributed by atoms with E-state index >= 15 is 0 Å². The van der Waals surface area contributed by atoms with Crippen molar-refractivity contribution in [1.82, 2.24) is 10.5 Å². The molecule has 1 amide bonds. The van der Waals surface area contributed by atoms with Crippen molar-refractivity contribution in [1.29, 1.82) is 0 Å². The Morgan fingerprint density at radius 1 is 1.53 bits per heavy atom. The zero-order valence-electron chi connectivity index (χ0n) is 10.9. The highest BCUT2D eigenvalue weighted by Gasteiger charge is 2.27. The summed E-state index contributed by atoms with van der Waals surface area (Å²) in [6.45, 7) is 5.85. The molecule has 1 unspecified atom stereocenters. The summed E-state index contributed by atoms with van der Waals surface area (Å²) in [6.07, 6.45) is 0.467. The molecule has 2 N–H and O–H groups in total. The van der Waals surface area contributed by atoms with Crippen molar-refractivity contribution in [3.8, 4) is 0 Å². The van der Waals surface area contributed by atoms with E-state index in [1.165, 1.54) is 0 Å². The Morgan fingerprint density at radius 2 is 2.16 bits per heavy atom. The van der Waals surface area contributed by atoms with Crippen molar-refractivity contribution >= 4 is 29.3 Å². The Bertz CT molecular complexity index is 461. The molecule has 106 valence electrons. The van der Waals surface area contributed by atoms with Gasteiger partial charge in [-0.05, 0) is 17.0 Å². The van der Waals surface area contributed by atoms with Crippen LogP contribution in [0.5, 0.6) is 0 Å². The molecule has 0 aliphatic heterocycles. The molecule has 19 heavy (non-hydrogen) atoms. The molecule has 1 aromatic heterocycles. The molecule has 0 radical (unpaired) electrons. The predicted octanol–water partition coefficient (Wildman–Crippen LogP) is 3.54. The van der Waals surface area contributed by atoms with Crippen LogP contribution in [-0.2, 0) is 11.3 Å². The first-order chi connectivity index (χ1) is 8.70. The number of nitrogens with zero attached hydrogens (tertiary/aromatic N) is 1. The van der Waals surface area contributed by atoms with Gasteiger partial charge in [0.25, 0.3) is 0 Å². The summed E-state index contributed by atoms with van der Waals surface area (Å²) >= 11 is 11.6. The fraction of sp³-hybridized carbons (Fsp3) is 0.500. The van der Waals surface area contributed by atoms with E-state index in [-0.39, 0.29) is 16.7 Å². The lowest BCUT2D eigenvalue weighted by Gasteiger charge is -2.29. The van der Waals surface area contributed by atoms with E-state index < -0.39 is 6.09 Å². The molecule has 0 aromatic carbocycles. The van der Waals surface area contributed by atoms with Crippen molar-refractivity contribution in [2.75, 3.05) is 0 Å². The van der Waals surface area contributed by atoms with E-state index in [0.717, 1.165) is 5.56 Å². The number of carboxylic acid groups (broad SMARTS) is 1. The van der Waals surface area contributed by atoms with Crippen molar-refractivity contribution in [2.45, 2.75) is 33.3 Å². The van der Waals surface area contributed by atoms with E-state index in [2.05, 4.69) is 4.98 Å². The van der Waals surface area contributed by atoms with Gasteiger partial charge in [-0.2, -0.15) is 5.48 Å². The van der Waals surface area contributed by atoms with E-state index in [0.29, 0.717) is 11.4 Å². The van der Waals surface area contributed by atoms with Gasteiger partial charge in [-0.25, -0.2) is 9.78 Å². The van der Waals surface area contributed by atoms with E-state index in [1.54, 1.807) is 12.3 Å². The van der Waals surface area contributed by atoms with Crippen LogP contribution in [0.25, 0.3) is 0 Å². The minimum atomic E-state index is -1.23. The van der Waals surface area contributed by atoms with Crippen LogP contribution in [0.4, 0.5) is 4.79 Å². The van der Waals surface area contributed by atoms with Gasteiger partial charge in [-0.3, -0.25) is 4.84 Å².